The number of halogens is 2. The van der Waals surface area contributed by atoms with Crippen LogP contribution in [0.3, 0.4) is 0 Å². The largest absolute Gasteiger partial charge is 0.480 e. The van der Waals surface area contributed by atoms with E-state index in [2.05, 4.69) is 5.32 Å². The van der Waals surface area contributed by atoms with Crippen molar-refractivity contribution in [2.24, 2.45) is 5.73 Å². The quantitative estimate of drug-likeness (QED) is 0.206. The van der Waals surface area contributed by atoms with Crippen molar-refractivity contribution in [3.63, 3.8) is 0 Å². The van der Waals surface area contributed by atoms with Crippen LogP contribution in [0.5, 0.6) is 0 Å². The molecule has 10 heteroatoms. The average molecular weight is 473 g/mol. The number of carboxylic acid groups (broad SMARTS) is 1. The number of rotatable bonds is 12. The zero-order valence-corrected chi connectivity index (χ0v) is 18.8. The van der Waals surface area contributed by atoms with E-state index in [9.17, 15) is 15.0 Å². The number of benzene rings is 2. The van der Waals surface area contributed by atoms with Gasteiger partial charge in [-0.1, -0.05) is 73.5 Å². The van der Waals surface area contributed by atoms with Crippen LogP contribution in [0.15, 0.2) is 60.7 Å². The van der Waals surface area contributed by atoms with E-state index in [-0.39, 0.29) is 44.1 Å². The van der Waals surface area contributed by atoms with E-state index in [1.807, 2.05) is 60.7 Å². The first-order chi connectivity index (χ1) is 13.8. The molecule has 0 amide bonds. The van der Waals surface area contributed by atoms with Crippen molar-refractivity contribution in [3.05, 3.63) is 71.8 Å². The van der Waals surface area contributed by atoms with Gasteiger partial charge >= 0.3 is 13.1 Å². The van der Waals surface area contributed by atoms with Crippen LogP contribution in [0.1, 0.15) is 42.5 Å². The van der Waals surface area contributed by atoms with Crippen LogP contribution < -0.4 is 11.1 Å². The molecule has 0 bridgehead atoms. The summed E-state index contributed by atoms with van der Waals surface area (Å²) in [5.41, 5.74) is 6.15. The molecule has 3 unspecified atom stereocenters. The first kappa shape index (κ1) is 29.4. The number of nitrogens with one attached hydrogen (secondary N) is 1. The third-order valence-corrected chi connectivity index (χ3v) is 5.01. The minimum absolute atomic E-state index is 0. The van der Waals surface area contributed by atoms with Gasteiger partial charge in [0.2, 0.25) is 0 Å². The van der Waals surface area contributed by atoms with Gasteiger partial charge in [0.25, 0.3) is 0 Å². The third kappa shape index (κ3) is 9.17. The van der Waals surface area contributed by atoms with Crippen molar-refractivity contribution in [1.82, 2.24) is 5.32 Å². The normalized spacial score (nSPS) is 14.3. The van der Waals surface area contributed by atoms with Gasteiger partial charge in [-0.15, -0.1) is 24.8 Å². The number of hydrogen-bond acceptors (Lipinski definition) is 6. The standard InChI is InChI=1S/C21H29BN2O5.2ClH/c23-21(20(26)27,13-7-8-14-22(28)29)15-24-18(16-9-3-1-4-10-16)19(25)17-11-5-2-6-12-17;;/h1-6,9-12,18-19,24-25,28-29H,7-8,13-15,23H2,(H,26,27);2*1H. The summed E-state index contributed by atoms with van der Waals surface area (Å²) in [6, 6.07) is 17.9. The van der Waals surface area contributed by atoms with Crippen molar-refractivity contribution in [2.45, 2.75) is 43.3 Å². The molecule has 7 nitrogen and oxygen atoms in total. The SMILES string of the molecule is Cl.Cl.NC(CCCCB(O)O)(CNC(c1ccccc1)C(O)c1ccccc1)C(=O)O. The molecule has 2 aromatic rings. The van der Waals surface area contributed by atoms with E-state index in [1.54, 1.807) is 0 Å². The Balaban J connectivity index is 0.00000450. The molecular formula is C21H31BCl2N2O5. The van der Waals surface area contributed by atoms with Crippen LogP contribution in [0.2, 0.25) is 6.32 Å². The van der Waals surface area contributed by atoms with Crippen molar-refractivity contribution in [2.75, 3.05) is 6.54 Å². The topological polar surface area (TPSA) is 136 Å². The predicted molar refractivity (Wildman–Crippen MR) is 126 cm³/mol. The maximum atomic E-state index is 11.8. The highest BCUT2D eigenvalue weighted by molar-refractivity contribution is 6.40. The van der Waals surface area contributed by atoms with E-state index >= 15 is 0 Å². The second-order valence-corrected chi connectivity index (χ2v) is 7.31. The second kappa shape index (κ2) is 14.4. The van der Waals surface area contributed by atoms with Crippen LogP contribution >= 0.6 is 24.8 Å². The maximum Gasteiger partial charge on any atom is 0.451 e. The summed E-state index contributed by atoms with van der Waals surface area (Å²) >= 11 is 0. The molecule has 0 aliphatic rings. The first-order valence-corrected chi connectivity index (χ1v) is 9.73. The van der Waals surface area contributed by atoms with Crippen molar-refractivity contribution < 1.29 is 25.1 Å². The molecule has 3 atom stereocenters. The third-order valence-electron chi connectivity index (χ3n) is 5.01. The lowest BCUT2D eigenvalue weighted by molar-refractivity contribution is -0.143. The summed E-state index contributed by atoms with van der Waals surface area (Å²) in [6.07, 6.45) is 0.354. The van der Waals surface area contributed by atoms with E-state index in [1.165, 1.54) is 0 Å². The van der Waals surface area contributed by atoms with Gasteiger partial charge in [0.05, 0.1) is 12.1 Å². The molecule has 0 aliphatic heterocycles. The van der Waals surface area contributed by atoms with Gasteiger partial charge in [0.15, 0.2) is 0 Å². The summed E-state index contributed by atoms with van der Waals surface area (Å²) in [5.74, 6) is -1.14. The minimum atomic E-state index is -1.54. The lowest BCUT2D eigenvalue weighted by Crippen LogP contribution is -2.56. The number of aliphatic carboxylic acids is 1. The van der Waals surface area contributed by atoms with Crippen LogP contribution in [0.4, 0.5) is 0 Å². The lowest BCUT2D eigenvalue weighted by atomic mass is 9.82. The summed E-state index contributed by atoms with van der Waals surface area (Å²) in [5, 5.41) is 41.6. The number of unbranched alkanes of at least 4 members (excludes halogenated alkanes) is 1. The van der Waals surface area contributed by atoms with Gasteiger partial charge in [-0.25, -0.2) is 0 Å². The minimum Gasteiger partial charge on any atom is -0.480 e. The fraction of sp³-hybridized carbons (Fsp3) is 0.381. The Bertz CT molecular complexity index is 758. The number of hydrogen-bond donors (Lipinski definition) is 6. The molecule has 0 aromatic heterocycles. The highest BCUT2D eigenvalue weighted by Gasteiger charge is 2.35. The molecule has 0 radical (unpaired) electrons. The molecule has 2 rings (SSSR count). The summed E-state index contributed by atoms with van der Waals surface area (Å²) in [6.45, 7) is -0.0481. The number of carbonyl (C=O) groups is 1. The highest BCUT2D eigenvalue weighted by Crippen LogP contribution is 2.29. The fourth-order valence-electron chi connectivity index (χ4n) is 3.25. The molecule has 172 valence electrons. The van der Waals surface area contributed by atoms with Crippen molar-refractivity contribution >= 4 is 37.9 Å². The van der Waals surface area contributed by atoms with Crippen molar-refractivity contribution in [1.29, 1.82) is 0 Å². The zero-order chi connectivity index (χ0) is 21.3. The molecule has 0 spiro atoms. The first-order valence-electron chi connectivity index (χ1n) is 9.73. The summed E-state index contributed by atoms with van der Waals surface area (Å²) in [4.78, 5) is 11.8. The summed E-state index contributed by atoms with van der Waals surface area (Å²) < 4.78 is 0. The number of aliphatic hydroxyl groups excluding tert-OH is 1. The van der Waals surface area contributed by atoms with Crippen LogP contribution in [0, 0.1) is 0 Å². The lowest BCUT2D eigenvalue weighted by Gasteiger charge is -2.31. The Hall–Kier alpha value is -1.65. The average Bonchev–Trinajstić information content (AvgIpc) is 2.72. The maximum absolute atomic E-state index is 11.8. The van der Waals surface area contributed by atoms with Gasteiger partial charge in [-0.2, -0.15) is 0 Å². The van der Waals surface area contributed by atoms with E-state index < -0.39 is 30.8 Å². The van der Waals surface area contributed by atoms with E-state index in [0.717, 1.165) is 5.56 Å². The number of aliphatic hydroxyl groups is 1. The molecule has 0 fully saturated rings. The predicted octanol–water partition coefficient (Wildman–Crippen LogP) is 2.32. The van der Waals surface area contributed by atoms with Crippen LogP contribution in [0.25, 0.3) is 0 Å². The Morgan fingerprint density at radius 1 is 0.968 bits per heavy atom. The van der Waals surface area contributed by atoms with Crippen molar-refractivity contribution in [3.8, 4) is 0 Å². The summed E-state index contributed by atoms with van der Waals surface area (Å²) in [7, 11) is -1.41. The van der Waals surface area contributed by atoms with E-state index in [0.29, 0.717) is 18.4 Å². The molecule has 0 aliphatic carbocycles. The van der Waals surface area contributed by atoms with Gasteiger partial charge in [0, 0.05) is 6.54 Å². The molecule has 2 aromatic carbocycles. The van der Waals surface area contributed by atoms with Crippen LogP contribution in [-0.4, -0.2) is 45.4 Å². The zero-order valence-electron chi connectivity index (χ0n) is 17.1. The number of carboxylic acids is 1. The highest BCUT2D eigenvalue weighted by atomic mass is 35.5. The fourth-order valence-corrected chi connectivity index (χ4v) is 3.25. The molecule has 31 heavy (non-hydrogen) atoms. The Morgan fingerprint density at radius 3 is 1.97 bits per heavy atom. The second-order valence-electron chi connectivity index (χ2n) is 7.31. The molecular weight excluding hydrogens is 442 g/mol. The molecule has 7 N–H and O–H groups in total. The monoisotopic (exact) mass is 472 g/mol. The van der Waals surface area contributed by atoms with Gasteiger partial charge in [-0.3, -0.25) is 4.79 Å². The smallest absolute Gasteiger partial charge is 0.451 e. The van der Waals surface area contributed by atoms with Gasteiger partial charge < -0.3 is 31.3 Å². The molecule has 0 heterocycles. The van der Waals surface area contributed by atoms with E-state index in [4.69, 9.17) is 15.8 Å². The number of nitrogens with two attached hydrogens (primary N) is 1. The molecule has 0 saturated heterocycles. The van der Waals surface area contributed by atoms with Crippen LogP contribution in [-0.2, 0) is 4.79 Å². The van der Waals surface area contributed by atoms with Gasteiger partial charge in [0.1, 0.15) is 5.54 Å². The molecule has 0 saturated carbocycles. The Morgan fingerprint density at radius 2 is 1.48 bits per heavy atom. The Kier molecular flexibility index (Phi) is 13.7. The van der Waals surface area contributed by atoms with Gasteiger partial charge in [-0.05, 0) is 23.9 Å². The Labute approximate surface area is 195 Å².